The second kappa shape index (κ2) is 13.0. The van der Waals surface area contributed by atoms with E-state index in [2.05, 4.69) is 146 Å². The first-order chi connectivity index (χ1) is 26.5. The summed E-state index contributed by atoms with van der Waals surface area (Å²) in [5.74, 6) is 1.03. The van der Waals surface area contributed by atoms with E-state index in [4.69, 9.17) is 0 Å². The third kappa shape index (κ3) is 4.99. The Bertz CT molecular complexity index is 2390. The SMILES string of the molecule is CC1C=CC(n2c3c(c4ccc(-c5cccc6c5Sc5cc(C7=CCCC=C7)ccc5C65C6=CCCCC6(C)SC6C=CC=CC65)cc42)CCCC3)CC1. The van der Waals surface area contributed by atoms with Crippen LogP contribution in [0.4, 0.5) is 0 Å². The van der Waals surface area contributed by atoms with Crippen LogP contribution in [0.3, 0.4) is 0 Å². The van der Waals surface area contributed by atoms with Crippen molar-refractivity contribution in [3.63, 3.8) is 0 Å². The lowest BCUT2D eigenvalue weighted by Crippen LogP contribution is -2.55. The molecule has 4 aromatic rings. The highest BCUT2D eigenvalue weighted by Gasteiger charge is 2.60. The van der Waals surface area contributed by atoms with Gasteiger partial charge in [-0.3, -0.25) is 0 Å². The van der Waals surface area contributed by atoms with E-state index < -0.39 is 0 Å². The van der Waals surface area contributed by atoms with Crippen LogP contribution in [-0.2, 0) is 18.3 Å². The van der Waals surface area contributed by atoms with Gasteiger partial charge in [0.2, 0.25) is 0 Å². The zero-order valence-electron chi connectivity index (χ0n) is 31.8. The van der Waals surface area contributed by atoms with Crippen molar-refractivity contribution in [1.29, 1.82) is 0 Å². The summed E-state index contributed by atoms with van der Waals surface area (Å²) < 4.78 is 2.88. The van der Waals surface area contributed by atoms with Crippen molar-refractivity contribution in [2.75, 3.05) is 0 Å². The molecule has 1 nitrogen and oxygen atoms in total. The van der Waals surface area contributed by atoms with E-state index >= 15 is 0 Å². The number of benzene rings is 3. The number of fused-ring (bicyclic) bond motifs is 11. The van der Waals surface area contributed by atoms with Crippen molar-refractivity contribution in [2.45, 2.75) is 116 Å². The van der Waals surface area contributed by atoms with Crippen LogP contribution >= 0.6 is 23.5 Å². The van der Waals surface area contributed by atoms with Crippen LogP contribution in [0.2, 0.25) is 0 Å². The summed E-state index contributed by atoms with van der Waals surface area (Å²) in [6.45, 7) is 4.95. The predicted molar refractivity (Wildman–Crippen MR) is 232 cm³/mol. The number of hydrogen-bond donors (Lipinski definition) is 0. The molecule has 2 aliphatic heterocycles. The zero-order chi connectivity index (χ0) is 36.0. The fraction of sp³-hybridized carbons (Fsp3) is 0.373. The summed E-state index contributed by atoms with van der Waals surface area (Å²) in [7, 11) is 0. The maximum atomic E-state index is 2.78. The quantitative estimate of drug-likeness (QED) is 0.193. The van der Waals surface area contributed by atoms with E-state index in [0.29, 0.717) is 23.1 Å². The molecule has 54 heavy (non-hydrogen) atoms. The van der Waals surface area contributed by atoms with Crippen molar-refractivity contribution in [1.82, 2.24) is 4.57 Å². The van der Waals surface area contributed by atoms with Gasteiger partial charge in [0.1, 0.15) is 0 Å². The van der Waals surface area contributed by atoms with E-state index in [1.165, 1.54) is 112 Å². The second-order valence-corrected chi connectivity index (χ2v) is 20.0. The van der Waals surface area contributed by atoms with Gasteiger partial charge in [0.25, 0.3) is 0 Å². The summed E-state index contributed by atoms with van der Waals surface area (Å²) in [5, 5.41) is 1.93. The van der Waals surface area contributed by atoms with Gasteiger partial charge in [-0.1, -0.05) is 122 Å². The Kier molecular flexibility index (Phi) is 8.07. The fourth-order valence-corrected chi connectivity index (χ4v) is 14.8. The number of nitrogens with zero attached hydrogens (tertiary/aromatic N) is 1. The molecule has 5 aliphatic carbocycles. The maximum Gasteiger partial charge on any atom is 0.0523 e. The van der Waals surface area contributed by atoms with Crippen molar-refractivity contribution in [3.05, 3.63) is 149 Å². The minimum atomic E-state index is -0.222. The summed E-state index contributed by atoms with van der Waals surface area (Å²) in [4.78, 5) is 2.91. The van der Waals surface area contributed by atoms with Crippen LogP contribution in [0.15, 0.2) is 131 Å². The molecular formula is C51H51NS2. The minimum Gasteiger partial charge on any atom is -0.337 e. The van der Waals surface area contributed by atoms with Gasteiger partial charge in [-0.2, -0.15) is 0 Å². The Hall–Kier alpha value is -3.66. The lowest BCUT2D eigenvalue weighted by Gasteiger charge is -2.59. The van der Waals surface area contributed by atoms with Crippen LogP contribution in [0.5, 0.6) is 0 Å². The average molecular weight is 742 g/mol. The van der Waals surface area contributed by atoms with Gasteiger partial charge in [-0.25, -0.2) is 0 Å². The topological polar surface area (TPSA) is 4.93 Å². The Balaban J connectivity index is 1.16. The fourth-order valence-electron chi connectivity index (χ4n) is 11.6. The summed E-state index contributed by atoms with van der Waals surface area (Å²) in [6.07, 6.45) is 38.1. The number of rotatable bonds is 3. The zero-order valence-corrected chi connectivity index (χ0v) is 33.5. The van der Waals surface area contributed by atoms with E-state index in [9.17, 15) is 0 Å². The van der Waals surface area contributed by atoms with Crippen molar-refractivity contribution in [3.8, 4) is 11.1 Å². The first-order valence-corrected chi connectivity index (χ1v) is 22.6. The van der Waals surface area contributed by atoms with Gasteiger partial charge in [-0.05, 0) is 140 Å². The van der Waals surface area contributed by atoms with Crippen LogP contribution < -0.4 is 0 Å². The minimum absolute atomic E-state index is 0.0959. The second-order valence-electron chi connectivity index (χ2n) is 17.3. The lowest BCUT2D eigenvalue weighted by molar-refractivity contribution is 0.365. The van der Waals surface area contributed by atoms with Gasteiger partial charge >= 0.3 is 0 Å². The lowest BCUT2D eigenvalue weighted by atomic mass is 9.55. The summed E-state index contributed by atoms with van der Waals surface area (Å²) in [6, 6.07) is 22.9. The summed E-state index contributed by atoms with van der Waals surface area (Å²) in [5.41, 5.74) is 14.7. The molecule has 11 rings (SSSR count). The number of thioether (sulfide) groups is 1. The third-order valence-electron chi connectivity index (χ3n) is 14.1. The first-order valence-electron chi connectivity index (χ1n) is 20.9. The van der Waals surface area contributed by atoms with Crippen LogP contribution in [0.25, 0.3) is 27.6 Å². The van der Waals surface area contributed by atoms with Gasteiger partial charge in [-0.15, -0.1) is 11.8 Å². The molecule has 7 aliphatic rings. The molecule has 1 spiro atoms. The highest BCUT2D eigenvalue weighted by Crippen LogP contribution is 2.68. The molecule has 0 amide bonds. The predicted octanol–water partition coefficient (Wildman–Crippen LogP) is 13.9. The smallest absolute Gasteiger partial charge is 0.0523 e. The van der Waals surface area contributed by atoms with Crippen molar-refractivity contribution < 1.29 is 0 Å². The van der Waals surface area contributed by atoms with E-state index in [1.807, 2.05) is 11.8 Å². The van der Waals surface area contributed by atoms with Crippen molar-refractivity contribution in [2.24, 2.45) is 11.8 Å². The van der Waals surface area contributed by atoms with Gasteiger partial charge in [0, 0.05) is 42.3 Å². The van der Waals surface area contributed by atoms with Gasteiger partial charge < -0.3 is 4.57 Å². The van der Waals surface area contributed by atoms with E-state index in [1.54, 1.807) is 16.8 Å². The molecular weight excluding hydrogens is 691 g/mol. The van der Waals surface area contributed by atoms with Crippen LogP contribution in [0, 0.1) is 11.8 Å². The molecule has 1 saturated heterocycles. The highest BCUT2D eigenvalue weighted by atomic mass is 32.2. The van der Waals surface area contributed by atoms with Gasteiger partial charge in [0.15, 0.2) is 0 Å². The molecule has 272 valence electrons. The molecule has 3 aromatic carbocycles. The molecule has 0 saturated carbocycles. The summed E-state index contributed by atoms with van der Waals surface area (Å²) >= 11 is 4.28. The van der Waals surface area contributed by atoms with Crippen LogP contribution in [-0.4, -0.2) is 14.6 Å². The first kappa shape index (κ1) is 33.7. The molecule has 0 N–H and O–H groups in total. The Morgan fingerprint density at radius 3 is 2.59 bits per heavy atom. The molecule has 6 unspecified atom stereocenters. The third-order valence-corrected chi connectivity index (χ3v) is 17.0. The number of hydrogen-bond acceptors (Lipinski definition) is 2. The Labute approximate surface area is 330 Å². The molecule has 3 heteroatoms. The van der Waals surface area contributed by atoms with E-state index in [0.717, 1.165) is 12.8 Å². The molecule has 3 heterocycles. The molecule has 1 fully saturated rings. The van der Waals surface area contributed by atoms with Gasteiger partial charge in [0.05, 0.1) is 11.5 Å². The molecule has 0 radical (unpaired) electrons. The Morgan fingerprint density at radius 2 is 1.70 bits per heavy atom. The largest absolute Gasteiger partial charge is 0.337 e. The Morgan fingerprint density at radius 1 is 0.796 bits per heavy atom. The van der Waals surface area contributed by atoms with E-state index in [-0.39, 0.29) is 10.2 Å². The standard InChI is InChI=1S/C51H51NS2/c1-33-22-26-37(27-23-33)52-44-19-8-6-15-39(44)40-28-24-36(31-45(40)52)38-16-12-18-43-49(38)53-47-32-35(34-13-4-3-5-14-34)25-29-42(47)51(43)41-17-7-9-20-46(41)54-50(2)30-11-10-21-48(50)51/h4,7,9,12-14,16-18,20-22,24-26,28-29,31-33,37,41,46H,3,5-6,8,10-11,15,19,23,27,30H2,1-2H3. The average Bonchev–Trinajstić information content (AvgIpc) is 3.54. The maximum absolute atomic E-state index is 2.78. The monoisotopic (exact) mass is 741 g/mol. The normalized spacial score (nSPS) is 30.6. The molecule has 0 bridgehead atoms. The molecule has 1 aromatic heterocycles. The number of aromatic nitrogens is 1. The van der Waals surface area contributed by atoms with Crippen LogP contribution in [0.1, 0.15) is 106 Å². The number of aryl methyl sites for hydroxylation is 1. The molecule has 6 atom stereocenters. The highest BCUT2D eigenvalue weighted by molar-refractivity contribution is 8.01. The number of allylic oxidation sites excluding steroid dienone is 10. The van der Waals surface area contributed by atoms with Crippen molar-refractivity contribution >= 4 is 40.0 Å².